The molecule has 0 unspecified atom stereocenters. The Hall–Kier alpha value is -1.38. The summed E-state index contributed by atoms with van der Waals surface area (Å²) in [5, 5.41) is 0. The molecule has 3 heteroatoms. The first kappa shape index (κ1) is 9.19. The average molecular weight is 193 g/mol. The molecule has 14 heavy (non-hydrogen) atoms. The Labute approximate surface area is 82.3 Å². The standard InChI is InChI=1S/C11H12FNO/c1-8(14)13-6-10(7-13)9-3-2-4-11(12)5-9/h2-5,10H,6-7H2,1H3. The van der Waals surface area contributed by atoms with Crippen LogP contribution in [0.4, 0.5) is 4.39 Å². The second-order valence-corrected chi connectivity index (χ2v) is 3.68. The second-order valence-electron chi connectivity index (χ2n) is 3.68. The van der Waals surface area contributed by atoms with Gasteiger partial charge in [0, 0.05) is 25.9 Å². The van der Waals surface area contributed by atoms with Crippen LogP contribution >= 0.6 is 0 Å². The largest absolute Gasteiger partial charge is 0.342 e. The minimum absolute atomic E-state index is 0.0950. The highest BCUT2D eigenvalue weighted by Crippen LogP contribution is 2.26. The van der Waals surface area contributed by atoms with Crippen molar-refractivity contribution in [1.29, 1.82) is 0 Å². The van der Waals surface area contributed by atoms with Gasteiger partial charge in [-0.3, -0.25) is 4.79 Å². The van der Waals surface area contributed by atoms with Gasteiger partial charge in [-0.25, -0.2) is 4.39 Å². The Kier molecular flexibility index (Phi) is 2.23. The van der Waals surface area contributed by atoms with Crippen LogP contribution in [-0.4, -0.2) is 23.9 Å². The lowest BCUT2D eigenvalue weighted by Crippen LogP contribution is -2.47. The first-order valence-electron chi connectivity index (χ1n) is 4.68. The number of rotatable bonds is 1. The van der Waals surface area contributed by atoms with E-state index in [1.54, 1.807) is 24.0 Å². The number of amides is 1. The minimum Gasteiger partial charge on any atom is -0.342 e. The second kappa shape index (κ2) is 3.40. The molecule has 1 amide bonds. The van der Waals surface area contributed by atoms with Crippen LogP contribution in [-0.2, 0) is 4.79 Å². The van der Waals surface area contributed by atoms with Crippen molar-refractivity contribution in [1.82, 2.24) is 4.90 Å². The average Bonchev–Trinajstić information content (AvgIpc) is 2.00. The summed E-state index contributed by atoms with van der Waals surface area (Å²) in [6.45, 7) is 3.00. The van der Waals surface area contributed by atoms with Gasteiger partial charge in [-0.2, -0.15) is 0 Å². The molecule has 0 atom stereocenters. The molecule has 0 N–H and O–H groups in total. The van der Waals surface area contributed by atoms with Gasteiger partial charge in [-0.15, -0.1) is 0 Å². The zero-order valence-corrected chi connectivity index (χ0v) is 8.03. The first-order valence-corrected chi connectivity index (χ1v) is 4.68. The number of carbonyl (C=O) groups excluding carboxylic acids is 1. The predicted molar refractivity (Wildman–Crippen MR) is 51.4 cm³/mol. The van der Waals surface area contributed by atoms with E-state index in [0.717, 1.165) is 18.7 Å². The molecule has 2 rings (SSSR count). The van der Waals surface area contributed by atoms with Gasteiger partial charge in [-0.1, -0.05) is 12.1 Å². The molecule has 0 spiro atoms. The zero-order valence-electron chi connectivity index (χ0n) is 8.03. The molecule has 2 nitrogen and oxygen atoms in total. The van der Waals surface area contributed by atoms with E-state index in [1.807, 2.05) is 6.07 Å². The van der Waals surface area contributed by atoms with Crippen molar-refractivity contribution in [2.75, 3.05) is 13.1 Å². The van der Waals surface area contributed by atoms with Gasteiger partial charge >= 0.3 is 0 Å². The molecule has 1 aromatic rings. The molecule has 1 aliphatic heterocycles. The third-order valence-electron chi connectivity index (χ3n) is 2.65. The molecule has 0 radical (unpaired) electrons. The molecule has 1 aliphatic rings. The summed E-state index contributed by atoms with van der Waals surface area (Å²) in [6.07, 6.45) is 0. The molecule has 0 aliphatic carbocycles. The summed E-state index contributed by atoms with van der Waals surface area (Å²) in [4.78, 5) is 12.7. The molecule has 0 aromatic heterocycles. The third-order valence-corrected chi connectivity index (χ3v) is 2.65. The normalized spacial score (nSPS) is 16.6. The highest BCUT2D eigenvalue weighted by molar-refractivity contribution is 5.74. The van der Waals surface area contributed by atoms with Crippen molar-refractivity contribution in [2.24, 2.45) is 0 Å². The van der Waals surface area contributed by atoms with E-state index in [1.165, 1.54) is 6.07 Å². The Bertz CT molecular complexity index is 358. The Morgan fingerprint density at radius 3 is 2.79 bits per heavy atom. The fourth-order valence-electron chi connectivity index (χ4n) is 1.71. The summed E-state index contributed by atoms with van der Waals surface area (Å²) >= 11 is 0. The molecule has 74 valence electrons. The van der Waals surface area contributed by atoms with Crippen LogP contribution in [0.2, 0.25) is 0 Å². The lowest BCUT2D eigenvalue weighted by molar-refractivity contribution is -0.133. The number of likely N-dealkylation sites (tertiary alicyclic amines) is 1. The topological polar surface area (TPSA) is 20.3 Å². The van der Waals surface area contributed by atoms with Crippen LogP contribution in [0.15, 0.2) is 24.3 Å². The molecular weight excluding hydrogens is 181 g/mol. The molecule has 1 saturated heterocycles. The van der Waals surface area contributed by atoms with E-state index < -0.39 is 0 Å². The summed E-state index contributed by atoms with van der Waals surface area (Å²) < 4.78 is 12.9. The van der Waals surface area contributed by atoms with Gasteiger partial charge < -0.3 is 4.90 Å². The van der Waals surface area contributed by atoms with Crippen molar-refractivity contribution in [3.8, 4) is 0 Å². The number of nitrogens with zero attached hydrogens (tertiary/aromatic N) is 1. The Morgan fingerprint density at radius 2 is 2.21 bits per heavy atom. The lowest BCUT2D eigenvalue weighted by atomic mass is 9.91. The quantitative estimate of drug-likeness (QED) is 0.665. The van der Waals surface area contributed by atoms with Gasteiger partial charge in [0.1, 0.15) is 5.82 Å². The number of halogens is 1. The monoisotopic (exact) mass is 193 g/mol. The summed E-state index contributed by atoms with van der Waals surface area (Å²) in [5.41, 5.74) is 0.988. The minimum atomic E-state index is -0.205. The molecule has 0 bridgehead atoms. The van der Waals surface area contributed by atoms with E-state index in [-0.39, 0.29) is 11.7 Å². The fraction of sp³-hybridized carbons (Fsp3) is 0.364. The molecule has 1 fully saturated rings. The molecular formula is C11H12FNO. The molecule has 1 heterocycles. The van der Waals surface area contributed by atoms with E-state index in [4.69, 9.17) is 0 Å². The van der Waals surface area contributed by atoms with Crippen LogP contribution < -0.4 is 0 Å². The van der Waals surface area contributed by atoms with Gasteiger partial charge in [0.25, 0.3) is 0 Å². The van der Waals surface area contributed by atoms with Gasteiger partial charge in [0.15, 0.2) is 0 Å². The Morgan fingerprint density at radius 1 is 1.50 bits per heavy atom. The SMILES string of the molecule is CC(=O)N1CC(c2cccc(F)c2)C1. The van der Waals surface area contributed by atoms with Crippen molar-refractivity contribution < 1.29 is 9.18 Å². The van der Waals surface area contributed by atoms with Crippen LogP contribution in [0.5, 0.6) is 0 Å². The van der Waals surface area contributed by atoms with Crippen molar-refractivity contribution in [3.63, 3.8) is 0 Å². The fourth-order valence-corrected chi connectivity index (χ4v) is 1.71. The number of benzene rings is 1. The van der Waals surface area contributed by atoms with Crippen LogP contribution in [0.25, 0.3) is 0 Å². The summed E-state index contributed by atoms with van der Waals surface area (Å²) in [6, 6.07) is 6.60. The maximum absolute atomic E-state index is 12.9. The van der Waals surface area contributed by atoms with E-state index in [0.29, 0.717) is 5.92 Å². The lowest BCUT2D eigenvalue weighted by Gasteiger charge is -2.38. The number of carbonyl (C=O) groups is 1. The molecule has 0 saturated carbocycles. The van der Waals surface area contributed by atoms with E-state index >= 15 is 0 Å². The van der Waals surface area contributed by atoms with Crippen molar-refractivity contribution in [2.45, 2.75) is 12.8 Å². The highest BCUT2D eigenvalue weighted by Gasteiger charge is 2.29. The van der Waals surface area contributed by atoms with Crippen molar-refractivity contribution in [3.05, 3.63) is 35.6 Å². The van der Waals surface area contributed by atoms with E-state index in [9.17, 15) is 9.18 Å². The van der Waals surface area contributed by atoms with E-state index in [2.05, 4.69) is 0 Å². The first-order chi connectivity index (χ1) is 6.66. The predicted octanol–water partition coefficient (Wildman–Crippen LogP) is 1.77. The van der Waals surface area contributed by atoms with Gasteiger partial charge in [0.2, 0.25) is 5.91 Å². The zero-order chi connectivity index (χ0) is 10.1. The van der Waals surface area contributed by atoms with Crippen LogP contribution in [0, 0.1) is 5.82 Å². The van der Waals surface area contributed by atoms with Crippen LogP contribution in [0.3, 0.4) is 0 Å². The maximum Gasteiger partial charge on any atom is 0.219 e. The number of hydrogen-bond acceptors (Lipinski definition) is 1. The smallest absolute Gasteiger partial charge is 0.219 e. The third kappa shape index (κ3) is 1.62. The van der Waals surface area contributed by atoms with Crippen LogP contribution in [0.1, 0.15) is 18.4 Å². The number of hydrogen-bond donors (Lipinski definition) is 0. The molecule has 1 aromatic carbocycles. The van der Waals surface area contributed by atoms with Gasteiger partial charge in [-0.05, 0) is 17.7 Å². The summed E-state index contributed by atoms with van der Waals surface area (Å²) in [5.74, 6) is 0.205. The highest BCUT2D eigenvalue weighted by atomic mass is 19.1. The van der Waals surface area contributed by atoms with Crippen molar-refractivity contribution >= 4 is 5.91 Å². The summed E-state index contributed by atoms with van der Waals surface area (Å²) in [7, 11) is 0. The maximum atomic E-state index is 12.9. The Balaban J connectivity index is 2.03. The van der Waals surface area contributed by atoms with Gasteiger partial charge in [0.05, 0.1) is 0 Å².